The number of rotatable bonds is 0. The summed E-state index contributed by atoms with van der Waals surface area (Å²) in [5.74, 6) is 1.15. The van der Waals surface area contributed by atoms with Crippen molar-refractivity contribution in [2.24, 2.45) is 0 Å². The van der Waals surface area contributed by atoms with Crippen LogP contribution in [0.5, 0.6) is 0 Å². The van der Waals surface area contributed by atoms with Crippen molar-refractivity contribution >= 4 is 0 Å². The molecule has 10 heavy (non-hydrogen) atoms. The summed E-state index contributed by atoms with van der Waals surface area (Å²) < 4.78 is 2.22. The van der Waals surface area contributed by atoms with E-state index in [1.54, 1.807) is 0 Å². The van der Waals surface area contributed by atoms with E-state index < -0.39 is 0 Å². The third kappa shape index (κ3) is 0.743. The molecule has 1 atom stereocenters. The molecule has 54 valence electrons. The highest BCUT2D eigenvalue weighted by Crippen LogP contribution is 2.11. The average Bonchev–Trinajstić information content (AvgIpc) is 2.36. The molecule has 0 unspecified atom stereocenters. The van der Waals surface area contributed by atoms with Gasteiger partial charge >= 0.3 is 0 Å². The van der Waals surface area contributed by atoms with Gasteiger partial charge in [0.2, 0.25) is 0 Å². The molecular weight excluding hydrogens is 126 g/mol. The van der Waals surface area contributed by atoms with Crippen LogP contribution in [0.3, 0.4) is 0 Å². The Bertz CT molecular complexity index is 229. The standard InChI is InChI=1S/C7H11N3/c1-6-4-8-5-7-9-2-3-10(6)7/h2-3,6,8H,4-5H2,1H3/t6-/m1/s1. The first kappa shape index (κ1) is 5.92. The van der Waals surface area contributed by atoms with Gasteiger partial charge in [0.05, 0.1) is 6.54 Å². The first-order valence-electron chi connectivity index (χ1n) is 3.60. The zero-order valence-electron chi connectivity index (χ0n) is 6.04. The Hall–Kier alpha value is -0.830. The van der Waals surface area contributed by atoms with Crippen molar-refractivity contribution < 1.29 is 0 Å². The second-order valence-electron chi connectivity index (χ2n) is 2.73. The fourth-order valence-electron chi connectivity index (χ4n) is 1.37. The maximum Gasteiger partial charge on any atom is 0.122 e. The number of nitrogens with one attached hydrogen (secondary N) is 1. The summed E-state index contributed by atoms with van der Waals surface area (Å²) in [6, 6.07) is 0.561. The lowest BCUT2D eigenvalue weighted by molar-refractivity contribution is 0.421. The van der Waals surface area contributed by atoms with Gasteiger partial charge in [0, 0.05) is 25.0 Å². The molecule has 0 saturated carbocycles. The summed E-state index contributed by atoms with van der Waals surface area (Å²) >= 11 is 0. The molecule has 1 aliphatic heterocycles. The molecule has 0 saturated heterocycles. The second-order valence-corrected chi connectivity index (χ2v) is 2.73. The van der Waals surface area contributed by atoms with Gasteiger partial charge in [-0.1, -0.05) is 0 Å². The highest BCUT2D eigenvalue weighted by atomic mass is 15.2. The fourth-order valence-corrected chi connectivity index (χ4v) is 1.37. The van der Waals surface area contributed by atoms with Crippen LogP contribution in [0, 0.1) is 0 Å². The van der Waals surface area contributed by atoms with Crippen molar-refractivity contribution in [3.05, 3.63) is 18.2 Å². The largest absolute Gasteiger partial charge is 0.330 e. The lowest BCUT2D eigenvalue weighted by Gasteiger charge is -2.22. The Morgan fingerprint density at radius 2 is 2.70 bits per heavy atom. The Morgan fingerprint density at radius 3 is 3.50 bits per heavy atom. The van der Waals surface area contributed by atoms with Crippen LogP contribution in [0.1, 0.15) is 18.8 Å². The van der Waals surface area contributed by atoms with Gasteiger partial charge in [-0.2, -0.15) is 0 Å². The monoisotopic (exact) mass is 137 g/mol. The number of aromatic nitrogens is 2. The topological polar surface area (TPSA) is 29.9 Å². The van der Waals surface area contributed by atoms with E-state index in [1.807, 2.05) is 12.4 Å². The van der Waals surface area contributed by atoms with E-state index in [1.165, 1.54) is 0 Å². The molecule has 0 fully saturated rings. The van der Waals surface area contributed by atoms with Crippen molar-refractivity contribution in [3.8, 4) is 0 Å². The van der Waals surface area contributed by atoms with Crippen molar-refractivity contribution in [2.45, 2.75) is 19.5 Å². The molecule has 1 N–H and O–H groups in total. The normalized spacial score (nSPS) is 24.3. The van der Waals surface area contributed by atoms with Gasteiger partial charge in [-0.3, -0.25) is 0 Å². The van der Waals surface area contributed by atoms with Gasteiger partial charge in [-0.15, -0.1) is 0 Å². The van der Waals surface area contributed by atoms with Gasteiger partial charge < -0.3 is 9.88 Å². The molecule has 0 radical (unpaired) electrons. The van der Waals surface area contributed by atoms with Crippen LogP contribution in [0.15, 0.2) is 12.4 Å². The summed E-state index contributed by atoms with van der Waals surface area (Å²) in [7, 11) is 0. The Balaban J connectivity index is 2.41. The zero-order chi connectivity index (χ0) is 6.97. The van der Waals surface area contributed by atoms with Gasteiger partial charge in [0.25, 0.3) is 0 Å². The third-order valence-corrected chi connectivity index (χ3v) is 1.95. The van der Waals surface area contributed by atoms with E-state index in [9.17, 15) is 0 Å². The number of hydrogen-bond donors (Lipinski definition) is 1. The molecule has 0 aliphatic carbocycles. The van der Waals surface area contributed by atoms with Crippen LogP contribution in [-0.2, 0) is 6.54 Å². The van der Waals surface area contributed by atoms with Gasteiger partial charge in [-0.05, 0) is 6.92 Å². The highest BCUT2D eigenvalue weighted by molar-refractivity contribution is 4.97. The van der Waals surface area contributed by atoms with Crippen LogP contribution in [-0.4, -0.2) is 16.1 Å². The van der Waals surface area contributed by atoms with E-state index in [0.717, 1.165) is 18.9 Å². The molecule has 2 rings (SSSR count). The molecule has 0 bridgehead atoms. The lowest BCUT2D eigenvalue weighted by Crippen LogP contribution is -2.31. The first-order valence-corrected chi connectivity index (χ1v) is 3.60. The van der Waals surface area contributed by atoms with Crippen LogP contribution < -0.4 is 5.32 Å². The van der Waals surface area contributed by atoms with Crippen molar-refractivity contribution in [1.29, 1.82) is 0 Å². The summed E-state index contributed by atoms with van der Waals surface area (Å²) in [4.78, 5) is 4.21. The summed E-state index contributed by atoms with van der Waals surface area (Å²) in [5.41, 5.74) is 0. The van der Waals surface area contributed by atoms with Crippen LogP contribution in [0.25, 0.3) is 0 Å². The van der Waals surface area contributed by atoms with E-state index >= 15 is 0 Å². The van der Waals surface area contributed by atoms with Crippen molar-refractivity contribution in [2.75, 3.05) is 6.54 Å². The number of hydrogen-bond acceptors (Lipinski definition) is 2. The minimum absolute atomic E-state index is 0.561. The molecule has 1 aromatic heterocycles. The molecule has 1 aromatic rings. The lowest BCUT2D eigenvalue weighted by atomic mass is 10.3. The predicted molar refractivity (Wildman–Crippen MR) is 38.6 cm³/mol. The number of nitrogens with zero attached hydrogens (tertiary/aromatic N) is 2. The number of fused-ring (bicyclic) bond motifs is 1. The first-order chi connectivity index (χ1) is 4.88. The summed E-state index contributed by atoms with van der Waals surface area (Å²) in [6.07, 6.45) is 3.90. The van der Waals surface area contributed by atoms with E-state index in [-0.39, 0.29) is 0 Å². The quantitative estimate of drug-likeness (QED) is 0.566. The SMILES string of the molecule is C[C@@H]1CNCc2nccn21. The maximum absolute atomic E-state index is 4.21. The minimum Gasteiger partial charge on any atom is -0.330 e. The molecule has 3 nitrogen and oxygen atoms in total. The van der Waals surface area contributed by atoms with Crippen LogP contribution in [0.4, 0.5) is 0 Å². The number of imidazole rings is 1. The Morgan fingerprint density at radius 1 is 1.80 bits per heavy atom. The van der Waals surface area contributed by atoms with Crippen molar-refractivity contribution in [1.82, 2.24) is 14.9 Å². The smallest absolute Gasteiger partial charge is 0.122 e. The highest BCUT2D eigenvalue weighted by Gasteiger charge is 2.13. The fraction of sp³-hybridized carbons (Fsp3) is 0.571. The summed E-state index contributed by atoms with van der Waals surface area (Å²) in [6.45, 7) is 4.16. The molecule has 0 aromatic carbocycles. The molecule has 3 heteroatoms. The van der Waals surface area contributed by atoms with Crippen molar-refractivity contribution in [3.63, 3.8) is 0 Å². The van der Waals surface area contributed by atoms with E-state index in [0.29, 0.717) is 6.04 Å². The van der Waals surface area contributed by atoms with Crippen LogP contribution in [0.2, 0.25) is 0 Å². The van der Waals surface area contributed by atoms with Gasteiger partial charge in [0.1, 0.15) is 5.82 Å². The van der Waals surface area contributed by atoms with Crippen LogP contribution >= 0.6 is 0 Å². The third-order valence-electron chi connectivity index (χ3n) is 1.95. The zero-order valence-corrected chi connectivity index (χ0v) is 6.04. The maximum atomic E-state index is 4.21. The summed E-state index contributed by atoms with van der Waals surface area (Å²) in [5, 5.41) is 3.29. The van der Waals surface area contributed by atoms with E-state index in [2.05, 4.69) is 21.8 Å². The Kier molecular flexibility index (Phi) is 1.24. The second kappa shape index (κ2) is 2.09. The van der Waals surface area contributed by atoms with Gasteiger partial charge in [-0.25, -0.2) is 4.98 Å². The van der Waals surface area contributed by atoms with E-state index in [4.69, 9.17) is 0 Å². The molecule has 1 aliphatic rings. The average molecular weight is 137 g/mol. The predicted octanol–water partition coefficient (Wildman–Crippen LogP) is 0.547. The Labute approximate surface area is 60.1 Å². The van der Waals surface area contributed by atoms with Gasteiger partial charge in [0.15, 0.2) is 0 Å². The molecule has 2 heterocycles. The molecular formula is C7H11N3. The minimum atomic E-state index is 0.561. The molecule has 0 spiro atoms. The molecule has 0 amide bonds.